The molecular weight excluding hydrogens is 1660 g/mol. The number of carbonyl (C=O) groups is 5. The second kappa shape index (κ2) is 43.9. The number of fused-ring (bicyclic) bond motifs is 8. The molecule has 5 amide bonds. The van der Waals surface area contributed by atoms with Crippen molar-refractivity contribution in [2.45, 2.75) is 145 Å². The summed E-state index contributed by atoms with van der Waals surface area (Å²) in [6.07, 6.45) is 6.94. The molecule has 0 bridgehead atoms. The molecule has 0 saturated carbocycles. The van der Waals surface area contributed by atoms with Crippen molar-refractivity contribution in [2.24, 2.45) is 20.0 Å². The first-order valence-corrected chi connectivity index (χ1v) is 45.6. The Kier molecular flexibility index (Phi) is 32.0. The number of nitrogens with zero attached hydrogens (tertiary/aromatic N) is 6. The molecule has 5 heterocycles. The van der Waals surface area contributed by atoms with Crippen molar-refractivity contribution in [3.05, 3.63) is 313 Å². The van der Waals surface area contributed by atoms with Crippen molar-refractivity contribution in [1.29, 1.82) is 0 Å². The minimum Gasteiger partial charge on any atom is -0.450 e. The summed E-state index contributed by atoms with van der Waals surface area (Å²) in [5, 5.41) is 10.9. The van der Waals surface area contributed by atoms with Gasteiger partial charge in [0.25, 0.3) is 23.6 Å². The summed E-state index contributed by atoms with van der Waals surface area (Å²) in [6, 6.07) is 79.1. The van der Waals surface area contributed by atoms with Crippen molar-refractivity contribution in [1.82, 2.24) is 26.3 Å². The molecule has 122 heavy (non-hydrogen) atoms. The third kappa shape index (κ3) is 23.0. The number of hydrogen-bond donors (Lipinski definition) is 4. The highest BCUT2D eigenvalue weighted by Crippen LogP contribution is 2.46. The van der Waals surface area contributed by atoms with Crippen molar-refractivity contribution >= 4 is 163 Å². The maximum absolute atomic E-state index is 13.0. The van der Waals surface area contributed by atoms with Gasteiger partial charge in [-0.15, -0.1) is 0 Å². The van der Waals surface area contributed by atoms with Crippen molar-refractivity contribution < 1.29 is 33.5 Å². The Bertz CT molecular complexity index is 5760. The molecule has 1 fully saturated rings. The van der Waals surface area contributed by atoms with Gasteiger partial charge in [0.15, 0.2) is 0 Å². The zero-order chi connectivity index (χ0) is 85.4. The Morgan fingerprint density at radius 1 is 0.426 bits per heavy atom. The van der Waals surface area contributed by atoms with Crippen LogP contribution in [0.15, 0.2) is 302 Å². The van der Waals surface area contributed by atoms with E-state index in [2.05, 4.69) is 127 Å². The number of aliphatic imine (C=N–C) groups is 4. The van der Waals surface area contributed by atoms with Gasteiger partial charge in [-0.05, 0) is 192 Å². The maximum atomic E-state index is 13.0. The lowest BCUT2D eigenvalue weighted by atomic mass is 10.0. The quantitative estimate of drug-likeness (QED) is 0.0468. The second-order valence-corrected chi connectivity index (χ2v) is 34.5. The molecule has 0 atom stereocenters. The SMILES string of the molecule is CCCC1=Nc2cc(C(=O)NC3CCN(C(=O)OCC)CC3)ccc2Sc2ccccc21.CCCC1=Nc2cc(C(=O)NCCN(CC)c3ccccc3)ccc2Sc2ccccc21.CCCC1=Nc2cc(C(=O)NCc3ccccc3Cl)ccc2Sc2ccccc21.CCONC(=O)c1ccc2c(c1)N=C(c1ccc(Cl)cc1Cl)c1ccccc1S2. The first-order chi connectivity index (χ1) is 59.5. The van der Waals surface area contributed by atoms with Gasteiger partial charge in [0.05, 0.1) is 46.7 Å². The van der Waals surface area contributed by atoms with E-state index in [0.717, 1.165) is 146 Å². The van der Waals surface area contributed by atoms with E-state index in [1.807, 2.05) is 146 Å². The number of benzene rings is 11. The average molecular weight is 1760 g/mol. The predicted molar refractivity (Wildman–Crippen MR) is 501 cm³/mol. The smallest absolute Gasteiger partial charge is 0.409 e. The summed E-state index contributed by atoms with van der Waals surface area (Å²) in [7, 11) is 0. The van der Waals surface area contributed by atoms with Crippen LogP contribution in [0.25, 0.3) is 0 Å². The van der Waals surface area contributed by atoms with E-state index >= 15 is 0 Å². The Morgan fingerprint density at radius 2 is 0.861 bits per heavy atom. The van der Waals surface area contributed by atoms with Gasteiger partial charge >= 0.3 is 6.09 Å². The normalized spacial score (nSPS) is 13.3. The molecule has 0 spiro atoms. The topological polar surface area (TPSA) is 208 Å². The summed E-state index contributed by atoms with van der Waals surface area (Å²) in [5.41, 5.74) is 19.3. The number of anilines is 1. The lowest BCUT2D eigenvalue weighted by Crippen LogP contribution is -2.46. The van der Waals surface area contributed by atoms with Gasteiger partial charge in [0, 0.05) is 167 Å². The fraction of sp³-hybridized carbons (Fsp3) is 0.235. The number of hydroxylamine groups is 1. The largest absolute Gasteiger partial charge is 0.450 e. The van der Waals surface area contributed by atoms with Gasteiger partial charge in [-0.2, -0.15) is 0 Å². The standard InChI is InChI=1S/C27H29N3OS.C25H29N3O3S.C24H21ClN2OS.C22H16Cl2N2O2S/c1-3-10-23-22-13-8-9-14-25(22)32-26-16-15-20(19-24(26)29-23)27(31)28-17-18-30(4-2)21-11-6-5-7-12-21;1-3-7-20-19-8-5-6-9-22(19)32-23-11-10-17(16-21(23)27-20)24(29)26-18-12-14-28(15-13-18)25(30)31-4-2;1-2-7-20-18-9-4-6-11-22(18)29-23-13-12-16(14-21(23)27-20)24(28)26-15-17-8-3-5-10-19(17)25;1-2-28-26-22(27)13-7-10-20-18(11-13)25-21(15-9-8-14(23)12-17(15)24)16-5-3-4-6-19(16)29-20/h5-9,11-16,19H,3-4,10,17-18H2,1-2H3,(H,28,31);5-6,8-11,16,18H,3-4,7,12-15H2,1-2H3,(H,26,29);3-6,8-14H,2,7,15H2,1H3,(H,26,28);3-12H,2H2,1H3,(H,26,27). The summed E-state index contributed by atoms with van der Waals surface area (Å²) in [6.45, 7) is 16.8. The number of likely N-dealkylation sites (N-methyl/N-ethyl adjacent to an activating group) is 1. The van der Waals surface area contributed by atoms with Crippen LogP contribution >= 0.6 is 81.9 Å². The van der Waals surface area contributed by atoms with Crippen LogP contribution in [0.5, 0.6) is 0 Å². The van der Waals surface area contributed by atoms with Gasteiger partial charge in [0.1, 0.15) is 0 Å². The van der Waals surface area contributed by atoms with Crippen molar-refractivity contribution in [3.8, 4) is 0 Å². The van der Waals surface area contributed by atoms with E-state index in [1.165, 1.54) is 37.1 Å². The number of halogens is 3. The molecule has 0 aliphatic carbocycles. The zero-order valence-electron chi connectivity index (χ0n) is 68.8. The van der Waals surface area contributed by atoms with Gasteiger partial charge in [-0.1, -0.05) is 231 Å². The van der Waals surface area contributed by atoms with Crippen LogP contribution in [0.2, 0.25) is 15.1 Å². The number of piperidine rings is 1. The summed E-state index contributed by atoms with van der Waals surface area (Å²) in [5.74, 6) is -0.605. The molecule has 16 rings (SSSR count). The maximum Gasteiger partial charge on any atom is 0.409 e. The highest BCUT2D eigenvalue weighted by atomic mass is 35.5. The number of likely N-dealkylation sites (tertiary alicyclic amines) is 1. The molecular formula is C98H95Cl3N10O7S4. The number of rotatable bonds is 22. The van der Waals surface area contributed by atoms with Crippen LogP contribution in [0.4, 0.5) is 33.2 Å². The molecule has 5 aliphatic rings. The molecule has 0 aromatic heterocycles. The van der Waals surface area contributed by atoms with Gasteiger partial charge in [0.2, 0.25) is 0 Å². The number of carbonyl (C=O) groups excluding carboxylic acids is 5. The molecule has 24 heteroatoms. The monoisotopic (exact) mass is 1760 g/mol. The number of para-hydroxylation sites is 1. The Balaban J connectivity index is 0.000000140. The fourth-order valence-electron chi connectivity index (χ4n) is 14.2. The van der Waals surface area contributed by atoms with Crippen LogP contribution < -0.4 is 26.3 Å². The first kappa shape index (κ1) is 89.0. The van der Waals surface area contributed by atoms with E-state index in [9.17, 15) is 24.0 Å². The zero-order valence-corrected chi connectivity index (χ0v) is 74.3. The third-order valence-corrected chi connectivity index (χ3v) is 25.9. The number of amides is 5. The average Bonchev–Trinajstić information content (AvgIpc) is 1.67. The number of nitrogens with one attached hydrogen (secondary N) is 4. The lowest BCUT2D eigenvalue weighted by Gasteiger charge is -2.31. The fourth-order valence-corrected chi connectivity index (χ4v) is 19.0. The molecule has 624 valence electrons. The van der Waals surface area contributed by atoms with Gasteiger partial charge in [-0.3, -0.25) is 39.0 Å². The Morgan fingerprint density at radius 3 is 1.33 bits per heavy atom. The van der Waals surface area contributed by atoms with Gasteiger partial charge in [-0.25, -0.2) is 15.3 Å². The van der Waals surface area contributed by atoms with E-state index in [4.69, 9.17) is 64.3 Å². The molecule has 4 N–H and O–H groups in total. The van der Waals surface area contributed by atoms with E-state index in [1.54, 1.807) is 90.1 Å². The Hall–Kier alpha value is -10.7. The molecule has 11 aromatic carbocycles. The van der Waals surface area contributed by atoms with E-state index in [0.29, 0.717) is 82.4 Å². The van der Waals surface area contributed by atoms with Crippen molar-refractivity contribution in [2.75, 3.05) is 50.8 Å². The minimum absolute atomic E-state index is 0.0461. The summed E-state index contributed by atoms with van der Waals surface area (Å²) < 4.78 is 5.06. The highest BCUT2D eigenvalue weighted by Gasteiger charge is 2.28. The molecule has 0 unspecified atom stereocenters. The number of ether oxygens (including phenoxy) is 1. The molecule has 0 radical (unpaired) electrons. The molecule has 11 aromatic rings. The minimum atomic E-state index is -0.317. The Labute approximate surface area is 745 Å². The number of hydrogen-bond acceptors (Lipinski definition) is 16. The van der Waals surface area contributed by atoms with E-state index in [-0.39, 0.29) is 35.8 Å². The van der Waals surface area contributed by atoms with Crippen LogP contribution in [0.3, 0.4) is 0 Å². The summed E-state index contributed by atoms with van der Waals surface area (Å²) >= 11 is 25.5. The van der Waals surface area contributed by atoms with Crippen molar-refractivity contribution in [3.63, 3.8) is 0 Å². The first-order valence-electron chi connectivity index (χ1n) is 41.2. The molecule has 1 saturated heterocycles. The highest BCUT2D eigenvalue weighted by molar-refractivity contribution is 8.00. The van der Waals surface area contributed by atoms with Crippen LogP contribution in [0.1, 0.15) is 168 Å². The molecule has 5 aliphatic heterocycles. The molecule has 17 nitrogen and oxygen atoms in total. The lowest BCUT2D eigenvalue weighted by molar-refractivity contribution is 0.0364. The van der Waals surface area contributed by atoms with Crippen LogP contribution in [-0.2, 0) is 16.1 Å². The second-order valence-electron chi connectivity index (χ2n) is 28.9. The van der Waals surface area contributed by atoms with Crippen LogP contribution in [-0.4, -0.2) is 109 Å². The van der Waals surface area contributed by atoms with E-state index < -0.39 is 0 Å². The summed E-state index contributed by atoms with van der Waals surface area (Å²) in [4.78, 5) is 100. The van der Waals surface area contributed by atoms with Gasteiger partial charge < -0.3 is 30.5 Å². The third-order valence-electron chi connectivity index (χ3n) is 20.4. The van der Waals surface area contributed by atoms with Crippen LogP contribution in [0, 0.1) is 0 Å². The predicted octanol–water partition coefficient (Wildman–Crippen LogP) is 24.7.